The molecule has 1 rings (SSSR count). The maximum atomic E-state index is 13.0. The number of halogens is 3. The van der Waals surface area contributed by atoms with Gasteiger partial charge in [-0.25, -0.2) is 13.6 Å². The first kappa shape index (κ1) is 14.3. The monoisotopic (exact) mass is 274 g/mol. The number of pyridine rings is 1. The minimum Gasteiger partial charge on any atom is -0.462 e. The summed E-state index contributed by atoms with van der Waals surface area (Å²) in [6.45, 7) is 1.59. The van der Waals surface area contributed by atoms with Crippen molar-refractivity contribution in [3.8, 4) is 6.07 Å². The third-order valence-electron chi connectivity index (χ3n) is 2.15. The molecule has 0 radical (unpaired) electrons. The summed E-state index contributed by atoms with van der Waals surface area (Å²) in [7, 11) is 0. The Morgan fingerprint density at radius 2 is 2.33 bits per heavy atom. The highest BCUT2D eigenvalue weighted by Crippen LogP contribution is 2.28. The lowest BCUT2D eigenvalue weighted by molar-refractivity contribution is 0.0514. The summed E-state index contributed by atoms with van der Waals surface area (Å²) in [5.74, 6) is -1.12. The molecule has 0 aromatic carbocycles. The molecule has 0 fully saturated rings. The van der Waals surface area contributed by atoms with Crippen LogP contribution in [0.3, 0.4) is 0 Å². The van der Waals surface area contributed by atoms with Crippen LogP contribution in [0.4, 0.5) is 8.78 Å². The van der Waals surface area contributed by atoms with Crippen molar-refractivity contribution in [1.29, 1.82) is 5.26 Å². The fraction of sp³-hybridized carbons (Fsp3) is 0.364. The van der Waals surface area contributed by atoms with Crippen molar-refractivity contribution in [2.24, 2.45) is 0 Å². The fourth-order valence-electron chi connectivity index (χ4n) is 1.39. The van der Waals surface area contributed by atoms with Crippen LogP contribution in [0.15, 0.2) is 6.20 Å². The average Bonchev–Trinajstić information content (AvgIpc) is 2.36. The maximum absolute atomic E-state index is 13.0. The Balaban J connectivity index is 3.45. The number of nitriles is 1. The molecule has 0 bridgehead atoms. The zero-order valence-electron chi connectivity index (χ0n) is 9.41. The Morgan fingerprint density at radius 1 is 1.67 bits per heavy atom. The number of alkyl halides is 3. The molecule has 0 aliphatic heterocycles. The van der Waals surface area contributed by atoms with Crippen LogP contribution in [0.1, 0.15) is 40.5 Å². The first-order valence-electron chi connectivity index (χ1n) is 4.99. The van der Waals surface area contributed by atoms with Crippen LogP contribution in [-0.2, 0) is 10.6 Å². The molecule has 0 unspecified atom stereocenters. The number of hydrogen-bond acceptors (Lipinski definition) is 4. The van der Waals surface area contributed by atoms with Gasteiger partial charge in [0, 0.05) is 6.20 Å². The van der Waals surface area contributed by atoms with Crippen LogP contribution in [0, 0.1) is 11.3 Å². The van der Waals surface area contributed by atoms with Crippen LogP contribution >= 0.6 is 11.6 Å². The minimum absolute atomic E-state index is 0.0162. The van der Waals surface area contributed by atoms with E-state index in [4.69, 9.17) is 16.9 Å². The van der Waals surface area contributed by atoms with Crippen LogP contribution in [-0.4, -0.2) is 17.6 Å². The molecule has 0 amide bonds. The molecule has 0 saturated heterocycles. The quantitative estimate of drug-likeness (QED) is 0.625. The number of aromatic nitrogens is 1. The number of carbonyl (C=O) groups excluding carboxylic acids is 1. The van der Waals surface area contributed by atoms with Crippen molar-refractivity contribution in [1.82, 2.24) is 4.98 Å². The summed E-state index contributed by atoms with van der Waals surface area (Å²) in [5, 5.41) is 8.88. The van der Waals surface area contributed by atoms with Gasteiger partial charge in [-0.2, -0.15) is 5.26 Å². The smallest absolute Gasteiger partial charge is 0.340 e. The predicted octanol–water partition coefficient (Wildman–Crippen LogP) is 2.81. The van der Waals surface area contributed by atoms with Gasteiger partial charge in [0.1, 0.15) is 6.07 Å². The lowest BCUT2D eigenvalue weighted by Gasteiger charge is -2.11. The molecule has 0 spiro atoms. The van der Waals surface area contributed by atoms with E-state index in [0.717, 1.165) is 6.20 Å². The second kappa shape index (κ2) is 6.26. The molecule has 0 aliphatic rings. The van der Waals surface area contributed by atoms with Crippen molar-refractivity contribution in [2.75, 3.05) is 6.61 Å². The Kier molecular flexibility index (Phi) is 4.98. The van der Waals surface area contributed by atoms with Gasteiger partial charge in [0.2, 0.25) is 0 Å². The van der Waals surface area contributed by atoms with Crippen molar-refractivity contribution in [2.45, 2.75) is 19.2 Å². The van der Waals surface area contributed by atoms with Gasteiger partial charge in [0.05, 0.1) is 34.9 Å². The van der Waals surface area contributed by atoms with E-state index in [1.54, 1.807) is 13.0 Å². The van der Waals surface area contributed by atoms with E-state index in [1.807, 2.05) is 0 Å². The highest BCUT2D eigenvalue weighted by atomic mass is 35.5. The van der Waals surface area contributed by atoms with Gasteiger partial charge in [-0.05, 0) is 6.92 Å². The molecule has 1 heterocycles. The molecule has 1 aromatic rings. The molecule has 0 saturated carbocycles. The van der Waals surface area contributed by atoms with Crippen molar-refractivity contribution in [3.63, 3.8) is 0 Å². The van der Waals surface area contributed by atoms with E-state index in [0.29, 0.717) is 0 Å². The lowest BCUT2D eigenvalue weighted by atomic mass is 10.0. The molecule has 96 valence electrons. The average molecular weight is 275 g/mol. The number of esters is 1. The molecular weight excluding hydrogens is 266 g/mol. The summed E-state index contributed by atoms with van der Waals surface area (Å²) < 4.78 is 30.6. The van der Waals surface area contributed by atoms with Gasteiger partial charge >= 0.3 is 5.97 Å². The predicted molar refractivity (Wildman–Crippen MR) is 59.4 cm³/mol. The van der Waals surface area contributed by atoms with E-state index in [2.05, 4.69) is 9.72 Å². The van der Waals surface area contributed by atoms with Gasteiger partial charge in [-0.15, -0.1) is 11.6 Å². The first-order chi connectivity index (χ1) is 8.56. The van der Waals surface area contributed by atoms with Gasteiger partial charge in [0.15, 0.2) is 0 Å². The van der Waals surface area contributed by atoms with Crippen LogP contribution < -0.4 is 0 Å². The summed E-state index contributed by atoms with van der Waals surface area (Å²) in [4.78, 5) is 15.2. The van der Waals surface area contributed by atoms with Crippen molar-refractivity contribution >= 4 is 17.6 Å². The zero-order valence-corrected chi connectivity index (χ0v) is 10.2. The molecule has 0 aliphatic carbocycles. The van der Waals surface area contributed by atoms with Gasteiger partial charge in [-0.1, -0.05) is 0 Å². The highest BCUT2D eigenvalue weighted by molar-refractivity contribution is 6.17. The summed E-state index contributed by atoms with van der Waals surface area (Å²) in [5.41, 5.74) is -1.44. The first-order valence-corrected chi connectivity index (χ1v) is 5.53. The molecule has 0 N–H and O–H groups in total. The summed E-state index contributed by atoms with van der Waals surface area (Å²) >= 11 is 5.51. The normalized spacial score (nSPS) is 10.2. The van der Waals surface area contributed by atoms with Crippen LogP contribution in [0.2, 0.25) is 0 Å². The lowest BCUT2D eigenvalue weighted by Crippen LogP contribution is -2.12. The minimum atomic E-state index is -2.98. The standard InChI is InChI=1S/C11H9ClF2N2O2/c1-2-18-11(17)7-5-16-8(3-12)6(4-15)9(7)10(13)14/h5,10H,2-3H2,1H3. The number of ether oxygens (including phenoxy) is 1. The van der Waals surface area contributed by atoms with E-state index < -0.39 is 23.5 Å². The molecular formula is C11H9ClF2N2O2. The Hall–Kier alpha value is -1.74. The number of carbonyl (C=O) groups is 1. The molecule has 7 heteroatoms. The zero-order chi connectivity index (χ0) is 13.7. The highest BCUT2D eigenvalue weighted by Gasteiger charge is 2.26. The molecule has 4 nitrogen and oxygen atoms in total. The van der Waals surface area contributed by atoms with Gasteiger partial charge < -0.3 is 4.74 Å². The van der Waals surface area contributed by atoms with Crippen molar-refractivity contribution < 1.29 is 18.3 Å². The third kappa shape index (κ3) is 2.74. The molecule has 18 heavy (non-hydrogen) atoms. The number of rotatable bonds is 4. The van der Waals surface area contributed by atoms with Crippen LogP contribution in [0.25, 0.3) is 0 Å². The Labute approximate surface area is 107 Å². The third-order valence-corrected chi connectivity index (χ3v) is 2.40. The topological polar surface area (TPSA) is 63.0 Å². The van der Waals surface area contributed by atoms with Gasteiger partial charge in [-0.3, -0.25) is 4.98 Å². The number of nitrogens with zero attached hydrogens (tertiary/aromatic N) is 2. The maximum Gasteiger partial charge on any atom is 0.340 e. The van der Waals surface area contributed by atoms with E-state index in [-0.39, 0.29) is 23.7 Å². The largest absolute Gasteiger partial charge is 0.462 e. The van der Waals surface area contributed by atoms with Crippen molar-refractivity contribution in [3.05, 3.63) is 28.6 Å². The van der Waals surface area contributed by atoms with E-state index >= 15 is 0 Å². The summed E-state index contributed by atoms with van der Waals surface area (Å²) in [6, 6.07) is 1.60. The Bertz CT molecular complexity index is 501. The SMILES string of the molecule is CCOC(=O)c1cnc(CCl)c(C#N)c1C(F)F. The second-order valence-corrected chi connectivity index (χ2v) is 3.44. The molecule has 0 atom stereocenters. The molecule has 1 aromatic heterocycles. The second-order valence-electron chi connectivity index (χ2n) is 3.17. The fourth-order valence-corrected chi connectivity index (χ4v) is 1.59. The summed E-state index contributed by atoms with van der Waals surface area (Å²) in [6.07, 6.45) is -2.03. The van der Waals surface area contributed by atoms with Gasteiger partial charge in [0.25, 0.3) is 6.43 Å². The Morgan fingerprint density at radius 3 is 2.78 bits per heavy atom. The number of hydrogen-bond donors (Lipinski definition) is 0. The van der Waals surface area contributed by atoms with Crippen LogP contribution in [0.5, 0.6) is 0 Å². The van der Waals surface area contributed by atoms with E-state index in [1.165, 1.54) is 0 Å². The van der Waals surface area contributed by atoms with E-state index in [9.17, 15) is 13.6 Å².